The van der Waals surface area contributed by atoms with E-state index in [1.165, 1.54) is 16.7 Å². The summed E-state index contributed by atoms with van der Waals surface area (Å²) in [5, 5.41) is 3.48. The molecular formula is C24H25ClN2O3. The summed E-state index contributed by atoms with van der Waals surface area (Å²) < 4.78 is 6.87. The van der Waals surface area contributed by atoms with E-state index in [1.807, 2.05) is 36.4 Å². The second-order valence-electron chi connectivity index (χ2n) is 8.09. The van der Waals surface area contributed by atoms with Gasteiger partial charge in [0.25, 0.3) is 11.5 Å². The smallest absolute Gasteiger partial charge is 0.257 e. The Bertz CT molecular complexity index is 1130. The molecule has 0 saturated heterocycles. The highest BCUT2D eigenvalue weighted by Crippen LogP contribution is 2.31. The Kier molecular flexibility index (Phi) is 6.32. The number of halogens is 1. The van der Waals surface area contributed by atoms with Crippen LogP contribution >= 0.6 is 11.6 Å². The first-order chi connectivity index (χ1) is 14.2. The Morgan fingerprint density at radius 1 is 1.10 bits per heavy atom. The highest BCUT2D eigenvalue weighted by Gasteiger charge is 2.18. The minimum absolute atomic E-state index is 0.0755. The highest BCUT2D eigenvalue weighted by molar-refractivity contribution is 6.31. The number of carbonyl (C=O) groups excluding carboxylic acids is 1. The third kappa shape index (κ3) is 4.92. The number of aromatic nitrogens is 1. The molecule has 1 heterocycles. The minimum atomic E-state index is -0.327. The molecule has 0 aliphatic carbocycles. The van der Waals surface area contributed by atoms with Gasteiger partial charge in [-0.15, -0.1) is 0 Å². The van der Waals surface area contributed by atoms with E-state index in [1.54, 1.807) is 19.4 Å². The summed E-state index contributed by atoms with van der Waals surface area (Å²) in [5.41, 5.74) is 2.54. The standard InChI is InChI=1S/C24H25ClN2O3/c1-24(2,3)18-10-11-21(30-4)20(13-18)26-23(29)17-9-12-22(28)27(15-17)14-16-7-5-6-8-19(16)25/h5-13,15H,14H2,1-4H3,(H,26,29). The number of hydrogen-bond donors (Lipinski definition) is 1. The lowest BCUT2D eigenvalue weighted by molar-refractivity contribution is 0.102. The van der Waals surface area contributed by atoms with Crippen LogP contribution in [0.2, 0.25) is 5.02 Å². The number of nitrogens with one attached hydrogen (secondary N) is 1. The summed E-state index contributed by atoms with van der Waals surface area (Å²) in [6, 6.07) is 15.9. The molecule has 3 aromatic rings. The molecule has 5 nitrogen and oxygen atoms in total. The van der Waals surface area contributed by atoms with Crippen LogP contribution in [0.15, 0.2) is 65.6 Å². The average molecular weight is 425 g/mol. The molecular weight excluding hydrogens is 400 g/mol. The lowest BCUT2D eigenvalue weighted by atomic mass is 9.87. The maximum absolute atomic E-state index is 12.9. The number of pyridine rings is 1. The van der Waals surface area contributed by atoms with Crippen molar-refractivity contribution in [2.75, 3.05) is 12.4 Å². The van der Waals surface area contributed by atoms with Crippen LogP contribution in [0.4, 0.5) is 5.69 Å². The molecule has 1 N–H and O–H groups in total. The summed E-state index contributed by atoms with van der Waals surface area (Å²) in [7, 11) is 1.56. The van der Waals surface area contributed by atoms with E-state index in [0.717, 1.165) is 11.1 Å². The molecule has 2 aromatic carbocycles. The van der Waals surface area contributed by atoms with Crippen molar-refractivity contribution in [1.82, 2.24) is 4.57 Å². The molecule has 1 amide bonds. The zero-order valence-electron chi connectivity index (χ0n) is 17.5. The number of carbonyl (C=O) groups is 1. The van der Waals surface area contributed by atoms with Gasteiger partial charge in [-0.25, -0.2) is 0 Å². The molecule has 3 rings (SSSR count). The third-order valence-electron chi connectivity index (χ3n) is 4.86. The molecule has 0 aliphatic heterocycles. The van der Waals surface area contributed by atoms with Crippen molar-refractivity contribution in [1.29, 1.82) is 0 Å². The molecule has 6 heteroatoms. The third-order valence-corrected chi connectivity index (χ3v) is 5.23. The molecule has 156 valence electrons. The lowest BCUT2D eigenvalue weighted by Gasteiger charge is -2.21. The van der Waals surface area contributed by atoms with Crippen LogP contribution in [0.1, 0.15) is 42.3 Å². The van der Waals surface area contributed by atoms with E-state index < -0.39 is 0 Å². The van der Waals surface area contributed by atoms with Crippen molar-refractivity contribution < 1.29 is 9.53 Å². The van der Waals surface area contributed by atoms with Crippen LogP contribution in [-0.2, 0) is 12.0 Å². The van der Waals surface area contributed by atoms with Crippen molar-refractivity contribution in [2.24, 2.45) is 0 Å². The maximum atomic E-state index is 12.9. The second kappa shape index (κ2) is 8.76. The van der Waals surface area contributed by atoms with Gasteiger partial charge in [0.2, 0.25) is 0 Å². The number of benzene rings is 2. The monoisotopic (exact) mass is 424 g/mol. The van der Waals surface area contributed by atoms with Crippen LogP contribution < -0.4 is 15.6 Å². The van der Waals surface area contributed by atoms with Gasteiger partial charge in [-0.2, -0.15) is 0 Å². The minimum Gasteiger partial charge on any atom is -0.495 e. The zero-order valence-corrected chi connectivity index (χ0v) is 18.3. The summed E-state index contributed by atoms with van der Waals surface area (Å²) >= 11 is 6.21. The Morgan fingerprint density at radius 2 is 1.83 bits per heavy atom. The second-order valence-corrected chi connectivity index (χ2v) is 8.50. The number of hydrogen-bond acceptors (Lipinski definition) is 3. The van der Waals surface area contributed by atoms with Gasteiger partial charge in [-0.05, 0) is 40.8 Å². The molecule has 1 aromatic heterocycles. The van der Waals surface area contributed by atoms with Gasteiger partial charge in [0, 0.05) is 17.3 Å². The SMILES string of the molecule is COc1ccc(C(C)(C)C)cc1NC(=O)c1ccc(=O)n(Cc2ccccc2Cl)c1. The van der Waals surface area contributed by atoms with Gasteiger partial charge < -0.3 is 14.6 Å². The first-order valence-electron chi connectivity index (χ1n) is 9.63. The largest absolute Gasteiger partial charge is 0.495 e. The van der Waals surface area contributed by atoms with Gasteiger partial charge in [0.1, 0.15) is 5.75 Å². The summed E-state index contributed by atoms with van der Waals surface area (Å²) in [4.78, 5) is 25.2. The molecule has 0 spiro atoms. The normalized spacial score (nSPS) is 11.2. The topological polar surface area (TPSA) is 60.3 Å². The summed E-state index contributed by atoms with van der Waals surface area (Å²) in [6.07, 6.45) is 1.54. The molecule has 0 unspecified atom stereocenters. The van der Waals surface area contributed by atoms with Crippen molar-refractivity contribution in [3.8, 4) is 5.75 Å². The van der Waals surface area contributed by atoms with Gasteiger partial charge in [0.05, 0.1) is 24.9 Å². The molecule has 0 fully saturated rings. The van der Waals surface area contributed by atoms with E-state index >= 15 is 0 Å². The fourth-order valence-corrected chi connectivity index (χ4v) is 3.26. The number of methoxy groups -OCH3 is 1. The number of nitrogens with zero attached hydrogens (tertiary/aromatic N) is 1. The Labute approximate surface area is 181 Å². The Hall–Kier alpha value is -3.05. The fraction of sp³-hybridized carbons (Fsp3) is 0.250. The van der Waals surface area contributed by atoms with Crippen molar-refractivity contribution in [3.63, 3.8) is 0 Å². The van der Waals surface area contributed by atoms with Crippen molar-refractivity contribution >= 4 is 23.2 Å². The lowest BCUT2D eigenvalue weighted by Crippen LogP contribution is -2.23. The van der Waals surface area contributed by atoms with Gasteiger partial charge >= 0.3 is 0 Å². The highest BCUT2D eigenvalue weighted by atomic mass is 35.5. The molecule has 0 aliphatic rings. The van der Waals surface area contributed by atoms with Crippen molar-refractivity contribution in [2.45, 2.75) is 32.7 Å². The number of rotatable bonds is 5. The first kappa shape index (κ1) is 21.7. The number of amides is 1. The molecule has 0 saturated carbocycles. The van der Waals surface area contributed by atoms with Gasteiger partial charge in [-0.1, -0.05) is 56.6 Å². The first-order valence-corrected chi connectivity index (χ1v) is 10.0. The zero-order chi connectivity index (χ0) is 21.9. The molecule has 0 atom stereocenters. The number of anilines is 1. The summed E-state index contributed by atoms with van der Waals surface area (Å²) in [6.45, 7) is 6.59. The average Bonchev–Trinajstić information content (AvgIpc) is 2.70. The van der Waals surface area contributed by atoms with Crippen LogP contribution in [0, 0.1) is 0 Å². The quantitative estimate of drug-likeness (QED) is 0.619. The molecule has 0 radical (unpaired) electrons. The van der Waals surface area contributed by atoms with Gasteiger partial charge in [-0.3, -0.25) is 9.59 Å². The Morgan fingerprint density at radius 3 is 2.50 bits per heavy atom. The van der Waals surface area contributed by atoms with Crippen LogP contribution in [0.25, 0.3) is 0 Å². The molecule has 30 heavy (non-hydrogen) atoms. The van der Waals surface area contributed by atoms with E-state index in [4.69, 9.17) is 16.3 Å². The molecule has 0 bridgehead atoms. The van der Waals surface area contributed by atoms with E-state index in [-0.39, 0.29) is 23.4 Å². The predicted octanol–water partition coefficient (Wildman–Crippen LogP) is 5.11. The fourth-order valence-electron chi connectivity index (χ4n) is 3.07. The Balaban J connectivity index is 1.89. The van der Waals surface area contributed by atoms with E-state index in [0.29, 0.717) is 22.0 Å². The van der Waals surface area contributed by atoms with Gasteiger partial charge in [0.15, 0.2) is 0 Å². The maximum Gasteiger partial charge on any atom is 0.257 e. The van der Waals surface area contributed by atoms with Crippen LogP contribution in [-0.4, -0.2) is 17.6 Å². The number of ether oxygens (including phenoxy) is 1. The van der Waals surface area contributed by atoms with Crippen molar-refractivity contribution in [3.05, 3.63) is 92.9 Å². The van der Waals surface area contributed by atoms with E-state index in [9.17, 15) is 9.59 Å². The predicted molar refractivity (Wildman–Crippen MR) is 121 cm³/mol. The van der Waals surface area contributed by atoms with Crippen LogP contribution in [0.3, 0.4) is 0 Å². The van der Waals surface area contributed by atoms with E-state index in [2.05, 4.69) is 26.1 Å². The van der Waals surface area contributed by atoms with Crippen LogP contribution in [0.5, 0.6) is 5.75 Å². The summed E-state index contributed by atoms with van der Waals surface area (Å²) in [5.74, 6) is 0.244.